The van der Waals surface area contributed by atoms with Crippen LogP contribution in [0.2, 0.25) is 0 Å². The van der Waals surface area contributed by atoms with E-state index in [9.17, 15) is 0 Å². The highest BCUT2D eigenvalue weighted by Gasteiger charge is 2.20. The van der Waals surface area contributed by atoms with Crippen LogP contribution in [0.15, 0.2) is 18.2 Å². The van der Waals surface area contributed by atoms with Crippen LogP contribution in [0.5, 0.6) is 0 Å². The highest BCUT2D eigenvalue weighted by molar-refractivity contribution is 5.82. The largest absolute Gasteiger partial charge is 0.341 e. The second kappa shape index (κ2) is 7.47. The van der Waals surface area contributed by atoms with Crippen LogP contribution in [0.25, 0.3) is 10.9 Å². The molecule has 1 N–H and O–H groups in total. The number of rotatable bonds is 4. The number of nitrogens with one attached hydrogen (secondary N) is 1. The molecule has 4 nitrogen and oxygen atoms in total. The fraction of sp³-hybridized carbons (Fsp3) is 0.600. The van der Waals surface area contributed by atoms with E-state index in [1.807, 2.05) is 0 Å². The Morgan fingerprint density at radius 1 is 1.21 bits per heavy atom. The Balaban J connectivity index is 1.78. The molecule has 0 bridgehead atoms. The zero-order chi connectivity index (χ0) is 17.1. The van der Waals surface area contributed by atoms with Gasteiger partial charge >= 0.3 is 0 Å². The highest BCUT2D eigenvalue weighted by Crippen LogP contribution is 2.22. The molecule has 1 saturated heterocycles. The average molecular weight is 326 g/mol. The van der Waals surface area contributed by atoms with Gasteiger partial charge in [0.05, 0.1) is 11.2 Å². The predicted molar refractivity (Wildman–Crippen MR) is 102 cm³/mol. The van der Waals surface area contributed by atoms with Gasteiger partial charge in [-0.05, 0) is 58.1 Å². The Bertz CT molecular complexity index is 697. The van der Waals surface area contributed by atoms with E-state index in [0.29, 0.717) is 12.1 Å². The zero-order valence-corrected chi connectivity index (χ0v) is 15.5. The lowest BCUT2D eigenvalue weighted by atomic mass is 10.1. The van der Waals surface area contributed by atoms with E-state index in [1.165, 1.54) is 31.2 Å². The summed E-state index contributed by atoms with van der Waals surface area (Å²) in [4.78, 5) is 12.0. The third-order valence-electron chi connectivity index (χ3n) is 5.17. The maximum Gasteiger partial charge on any atom is 0.226 e. The Labute approximate surface area is 145 Å². The van der Waals surface area contributed by atoms with E-state index < -0.39 is 0 Å². The second-order valence-electron chi connectivity index (χ2n) is 7.22. The molecule has 0 radical (unpaired) electrons. The molecule has 130 valence electrons. The van der Waals surface area contributed by atoms with Crippen molar-refractivity contribution in [2.75, 3.05) is 18.0 Å². The van der Waals surface area contributed by atoms with Gasteiger partial charge in [-0.2, -0.15) is 0 Å². The first kappa shape index (κ1) is 17.2. The molecule has 1 aliphatic heterocycles. The second-order valence-corrected chi connectivity index (χ2v) is 7.22. The van der Waals surface area contributed by atoms with Gasteiger partial charge < -0.3 is 10.2 Å². The van der Waals surface area contributed by atoms with Crippen LogP contribution in [-0.2, 0) is 0 Å². The van der Waals surface area contributed by atoms with Gasteiger partial charge in [-0.15, -0.1) is 0 Å². The van der Waals surface area contributed by atoms with Gasteiger partial charge in [0.15, 0.2) is 0 Å². The number of fused-ring (bicyclic) bond motifs is 1. The summed E-state index contributed by atoms with van der Waals surface area (Å²) in [5, 5.41) is 4.92. The van der Waals surface area contributed by atoms with Gasteiger partial charge in [-0.1, -0.05) is 19.1 Å². The molecule has 0 saturated carbocycles. The Hall–Kier alpha value is -1.68. The normalized spacial score (nSPS) is 20.2. The Morgan fingerprint density at radius 3 is 2.83 bits per heavy atom. The molecule has 4 heteroatoms. The molecule has 0 aliphatic carbocycles. The Morgan fingerprint density at radius 2 is 2.04 bits per heavy atom. The first-order valence-electron chi connectivity index (χ1n) is 9.33. The van der Waals surface area contributed by atoms with Gasteiger partial charge in [0.25, 0.3) is 0 Å². The van der Waals surface area contributed by atoms with Gasteiger partial charge in [0.1, 0.15) is 0 Å². The summed E-state index contributed by atoms with van der Waals surface area (Å²) < 4.78 is 0. The number of aromatic nitrogens is 2. The van der Waals surface area contributed by atoms with Crippen LogP contribution in [0.3, 0.4) is 0 Å². The number of nitrogens with zero attached hydrogens (tertiary/aromatic N) is 3. The topological polar surface area (TPSA) is 41.0 Å². The first-order valence-corrected chi connectivity index (χ1v) is 9.33. The van der Waals surface area contributed by atoms with Crippen molar-refractivity contribution in [3.63, 3.8) is 0 Å². The van der Waals surface area contributed by atoms with E-state index in [2.05, 4.69) is 56.1 Å². The molecule has 0 spiro atoms. The van der Waals surface area contributed by atoms with Gasteiger partial charge in [0, 0.05) is 30.6 Å². The summed E-state index contributed by atoms with van der Waals surface area (Å²) in [6.07, 6.45) is 4.79. The molecule has 0 unspecified atom stereocenters. The number of hydrogen-bond acceptors (Lipinski definition) is 4. The van der Waals surface area contributed by atoms with Gasteiger partial charge in [-0.3, -0.25) is 0 Å². The van der Waals surface area contributed by atoms with Gasteiger partial charge in [-0.25, -0.2) is 9.97 Å². The molecule has 1 aliphatic rings. The molecule has 3 rings (SSSR count). The van der Waals surface area contributed by atoms with Gasteiger partial charge in [0.2, 0.25) is 5.95 Å². The van der Waals surface area contributed by atoms with E-state index in [0.717, 1.165) is 35.6 Å². The average Bonchev–Trinajstić information content (AvgIpc) is 2.79. The summed E-state index contributed by atoms with van der Waals surface area (Å²) in [7, 11) is 0. The summed E-state index contributed by atoms with van der Waals surface area (Å²) in [5.74, 6) is 0.898. The minimum atomic E-state index is 0.601. The SMILES string of the molecule is CC[C@H](C)N[C@H]1CCCN(c2nc(C)c3ccc(C)cc3n2)CC1. The minimum Gasteiger partial charge on any atom is -0.341 e. The van der Waals surface area contributed by atoms with Crippen molar-refractivity contribution in [2.45, 2.75) is 65.5 Å². The van der Waals surface area contributed by atoms with E-state index in [-0.39, 0.29) is 0 Å². The smallest absolute Gasteiger partial charge is 0.226 e. The number of benzene rings is 1. The number of anilines is 1. The third kappa shape index (κ3) is 3.86. The molecule has 2 heterocycles. The highest BCUT2D eigenvalue weighted by atomic mass is 15.3. The van der Waals surface area contributed by atoms with Crippen molar-refractivity contribution in [1.82, 2.24) is 15.3 Å². The van der Waals surface area contributed by atoms with Crippen LogP contribution in [-0.4, -0.2) is 35.1 Å². The molecule has 2 atom stereocenters. The van der Waals surface area contributed by atoms with Crippen molar-refractivity contribution in [3.05, 3.63) is 29.5 Å². The summed E-state index contributed by atoms with van der Waals surface area (Å²) >= 11 is 0. The van der Waals surface area contributed by atoms with Crippen molar-refractivity contribution in [3.8, 4) is 0 Å². The molecule has 2 aromatic rings. The summed E-state index contributed by atoms with van der Waals surface area (Å²) in [5.41, 5.74) is 3.39. The molecule has 1 aromatic heterocycles. The van der Waals surface area contributed by atoms with Crippen LogP contribution >= 0.6 is 0 Å². The van der Waals surface area contributed by atoms with Crippen LogP contribution in [0.4, 0.5) is 5.95 Å². The lowest BCUT2D eigenvalue weighted by molar-refractivity contribution is 0.408. The molecular formula is C20H30N4. The summed E-state index contributed by atoms with van der Waals surface area (Å²) in [6.45, 7) is 10.8. The third-order valence-corrected chi connectivity index (χ3v) is 5.17. The standard InChI is InChI=1S/C20H30N4/c1-5-15(3)21-17-7-6-11-24(12-10-17)20-22-16(4)18-9-8-14(2)13-19(18)23-20/h8-9,13,15,17,21H,5-7,10-12H2,1-4H3/t15-,17-/m0/s1. The maximum atomic E-state index is 4.86. The quantitative estimate of drug-likeness (QED) is 0.922. The van der Waals surface area contributed by atoms with E-state index in [4.69, 9.17) is 9.97 Å². The minimum absolute atomic E-state index is 0.601. The van der Waals surface area contributed by atoms with E-state index >= 15 is 0 Å². The molecule has 1 aromatic carbocycles. The summed E-state index contributed by atoms with van der Waals surface area (Å²) in [6, 6.07) is 7.66. The molecule has 24 heavy (non-hydrogen) atoms. The number of hydrogen-bond donors (Lipinski definition) is 1. The lowest BCUT2D eigenvalue weighted by Crippen LogP contribution is -2.37. The van der Waals surface area contributed by atoms with Crippen molar-refractivity contribution in [2.24, 2.45) is 0 Å². The lowest BCUT2D eigenvalue weighted by Gasteiger charge is -2.23. The first-order chi connectivity index (χ1) is 11.6. The fourth-order valence-corrected chi connectivity index (χ4v) is 3.51. The monoisotopic (exact) mass is 326 g/mol. The fourth-order valence-electron chi connectivity index (χ4n) is 3.51. The predicted octanol–water partition coefficient (Wildman–Crippen LogP) is 3.99. The Kier molecular flexibility index (Phi) is 5.34. The molecule has 1 fully saturated rings. The number of aryl methyl sites for hydroxylation is 2. The zero-order valence-electron chi connectivity index (χ0n) is 15.5. The van der Waals surface area contributed by atoms with Crippen molar-refractivity contribution in [1.29, 1.82) is 0 Å². The van der Waals surface area contributed by atoms with E-state index in [1.54, 1.807) is 0 Å². The van der Waals surface area contributed by atoms with Crippen LogP contribution in [0.1, 0.15) is 50.8 Å². The van der Waals surface area contributed by atoms with Crippen molar-refractivity contribution < 1.29 is 0 Å². The maximum absolute atomic E-state index is 4.86. The van der Waals surface area contributed by atoms with Crippen LogP contribution < -0.4 is 10.2 Å². The van der Waals surface area contributed by atoms with Crippen molar-refractivity contribution >= 4 is 16.9 Å². The van der Waals surface area contributed by atoms with Crippen LogP contribution in [0, 0.1) is 13.8 Å². The molecule has 0 amide bonds. The molecular weight excluding hydrogens is 296 g/mol.